The van der Waals surface area contributed by atoms with Crippen molar-refractivity contribution >= 4 is 35.3 Å². The molecule has 0 unspecified atom stereocenters. The van der Waals surface area contributed by atoms with E-state index in [1.165, 1.54) is 31.4 Å². The SMILES string of the molecule is Cc1ccc(SCC(Sc2ccc(C)cc2)Sc2ccc(C)cc2)cc1. The predicted octanol–water partition coefficient (Wildman–Crippen LogP) is 7.61. The fourth-order valence-electron chi connectivity index (χ4n) is 2.43. The van der Waals surface area contributed by atoms with Crippen LogP contribution in [0.1, 0.15) is 16.7 Å². The van der Waals surface area contributed by atoms with Crippen LogP contribution >= 0.6 is 35.3 Å². The van der Waals surface area contributed by atoms with Crippen LogP contribution in [-0.4, -0.2) is 10.3 Å². The minimum absolute atomic E-state index is 0.465. The highest BCUT2D eigenvalue weighted by Gasteiger charge is 2.13. The lowest BCUT2D eigenvalue weighted by atomic mass is 10.2. The summed E-state index contributed by atoms with van der Waals surface area (Å²) in [7, 11) is 0. The van der Waals surface area contributed by atoms with E-state index in [1.54, 1.807) is 0 Å². The second kappa shape index (κ2) is 9.59. The summed E-state index contributed by atoms with van der Waals surface area (Å²) in [5.74, 6) is 1.07. The number of hydrogen-bond acceptors (Lipinski definition) is 3. The number of thioether (sulfide) groups is 3. The Kier molecular flexibility index (Phi) is 7.18. The topological polar surface area (TPSA) is 0 Å². The summed E-state index contributed by atoms with van der Waals surface area (Å²) in [4.78, 5) is 4.02. The van der Waals surface area contributed by atoms with Gasteiger partial charge >= 0.3 is 0 Å². The molecule has 0 amide bonds. The van der Waals surface area contributed by atoms with Crippen molar-refractivity contribution in [2.75, 3.05) is 5.75 Å². The quantitative estimate of drug-likeness (QED) is 0.298. The van der Waals surface area contributed by atoms with Gasteiger partial charge in [-0.05, 0) is 57.2 Å². The highest BCUT2D eigenvalue weighted by Crippen LogP contribution is 2.39. The molecular weight excluding hydrogens is 372 g/mol. The van der Waals surface area contributed by atoms with Gasteiger partial charge in [0.2, 0.25) is 0 Å². The molecule has 0 bridgehead atoms. The number of aryl methyl sites for hydroxylation is 3. The number of rotatable bonds is 7. The first-order valence-corrected chi connectivity index (χ1v) is 11.5. The normalized spacial score (nSPS) is 11.1. The Morgan fingerprint density at radius 2 is 0.885 bits per heavy atom. The molecular formula is C23H24S3. The first-order valence-electron chi connectivity index (χ1n) is 8.74. The van der Waals surface area contributed by atoms with Gasteiger partial charge < -0.3 is 0 Å². The molecule has 134 valence electrons. The molecule has 3 heteroatoms. The van der Waals surface area contributed by atoms with Crippen molar-refractivity contribution in [1.29, 1.82) is 0 Å². The Morgan fingerprint density at radius 1 is 0.538 bits per heavy atom. The Morgan fingerprint density at radius 3 is 1.27 bits per heavy atom. The molecule has 0 nitrogen and oxygen atoms in total. The first kappa shape index (κ1) is 19.5. The van der Waals surface area contributed by atoms with Gasteiger partial charge in [0.05, 0.1) is 4.58 Å². The van der Waals surface area contributed by atoms with Crippen LogP contribution in [0.3, 0.4) is 0 Å². The molecule has 0 saturated heterocycles. The average Bonchev–Trinajstić information content (AvgIpc) is 2.65. The van der Waals surface area contributed by atoms with E-state index < -0.39 is 0 Å². The Hall–Kier alpha value is -1.29. The highest BCUT2D eigenvalue weighted by molar-refractivity contribution is 8.18. The van der Waals surface area contributed by atoms with Crippen molar-refractivity contribution < 1.29 is 0 Å². The second-order valence-electron chi connectivity index (χ2n) is 6.42. The first-order chi connectivity index (χ1) is 12.6. The molecule has 3 aromatic carbocycles. The van der Waals surface area contributed by atoms with Crippen LogP contribution in [0.4, 0.5) is 0 Å². The van der Waals surface area contributed by atoms with Crippen molar-refractivity contribution in [1.82, 2.24) is 0 Å². The molecule has 0 aliphatic carbocycles. The summed E-state index contributed by atoms with van der Waals surface area (Å²) in [6.07, 6.45) is 0. The number of benzene rings is 3. The van der Waals surface area contributed by atoms with Gasteiger partial charge in [0.15, 0.2) is 0 Å². The minimum Gasteiger partial charge on any atom is -0.124 e. The third kappa shape index (κ3) is 6.15. The minimum atomic E-state index is 0.465. The third-order valence-corrected chi connectivity index (χ3v) is 8.04. The lowest BCUT2D eigenvalue weighted by Gasteiger charge is -2.16. The molecule has 0 saturated carbocycles. The van der Waals surface area contributed by atoms with Gasteiger partial charge in [-0.3, -0.25) is 0 Å². The van der Waals surface area contributed by atoms with Crippen LogP contribution in [0.15, 0.2) is 87.5 Å². The summed E-state index contributed by atoms with van der Waals surface area (Å²) >= 11 is 5.86. The van der Waals surface area contributed by atoms with Gasteiger partial charge in [0.1, 0.15) is 0 Å². The summed E-state index contributed by atoms with van der Waals surface area (Å²) in [5.41, 5.74) is 3.94. The molecule has 0 N–H and O–H groups in total. The van der Waals surface area contributed by atoms with E-state index in [2.05, 4.69) is 93.6 Å². The van der Waals surface area contributed by atoms with Crippen molar-refractivity contribution in [3.8, 4) is 0 Å². The molecule has 3 aromatic rings. The second-order valence-corrected chi connectivity index (χ2v) is 10.4. The third-order valence-electron chi connectivity index (χ3n) is 3.98. The fourth-order valence-corrected chi connectivity index (χ4v) is 6.09. The highest BCUT2D eigenvalue weighted by atomic mass is 32.2. The molecule has 0 heterocycles. The predicted molar refractivity (Wildman–Crippen MR) is 120 cm³/mol. The zero-order valence-electron chi connectivity index (χ0n) is 15.4. The lowest BCUT2D eigenvalue weighted by Crippen LogP contribution is -2.01. The monoisotopic (exact) mass is 396 g/mol. The molecule has 0 aromatic heterocycles. The molecule has 0 aliphatic heterocycles. The Balaban J connectivity index is 1.70. The van der Waals surface area contributed by atoms with Crippen LogP contribution < -0.4 is 0 Å². The summed E-state index contributed by atoms with van der Waals surface area (Å²) in [5, 5.41) is 0. The summed E-state index contributed by atoms with van der Waals surface area (Å²) < 4.78 is 0.465. The molecule has 0 radical (unpaired) electrons. The van der Waals surface area contributed by atoms with Crippen LogP contribution in [0, 0.1) is 20.8 Å². The Labute approximate surface area is 170 Å². The van der Waals surface area contributed by atoms with Crippen LogP contribution in [0.5, 0.6) is 0 Å². The molecule has 3 rings (SSSR count). The van der Waals surface area contributed by atoms with Crippen molar-refractivity contribution in [3.63, 3.8) is 0 Å². The van der Waals surface area contributed by atoms with Crippen molar-refractivity contribution in [2.24, 2.45) is 0 Å². The van der Waals surface area contributed by atoms with E-state index in [0.717, 1.165) is 5.75 Å². The van der Waals surface area contributed by atoms with Gasteiger partial charge in [-0.25, -0.2) is 0 Å². The van der Waals surface area contributed by atoms with Gasteiger partial charge in [-0.2, -0.15) is 0 Å². The molecule has 0 aliphatic rings. The van der Waals surface area contributed by atoms with Crippen LogP contribution in [-0.2, 0) is 0 Å². The molecule has 0 fully saturated rings. The summed E-state index contributed by atoms with van der Waals surface area (Å²) in [6, 6.07) is 26.6. The fraction of sp³-hybridized carbons (Fsp3) is 0.217. The number of hydrogen-bond donors (Lipinski definition) is 0. The van der Waals surface area contributed by atoms with Gasteiger partial charge in [0.25, 0.3) is 0 Å². The zero-order valence-corrected chi connectivity index (χ0v) is 17.9. The van der Waals surface area contributed by atoms with Gasteiger partial charge in [0, 0.05) is 20.4 Å². The van der Waals surface area contributed by atoms with E-state index >= 15 is 0 Å². The smallest absolute Gasteiger partial charge is 0.0690 e. The van der Waals surface area contributed by atoms with E-state index in [9.17, 15) is 0 Å². The van der Waals surface area contributed by atoms with Crippen molar-refractivity contribution in [2.45, 2.75) is 40.0 Å². The molecule has 0 spiro atoms. The Bertz CT molecular complexity index is 758. The standard InChI is InChI=1S/C23H24S3/c1-17-4-10-20(11-5-17)24-16-23(25-21-12-6-18(2)7-13-21)26-22-14-8-19(3)9-15-22/h4-15,23H,16H2,1-3H3. The molecule has 0 atom stereocenters. The lowest BCUT2D eigenvalue weighted by molar-refractivity contribution is 1.32. The maximum Gasteiger partial charge on any atom is 0.0690 e. The van der Waals surface area contributed by atoms with Crippen LogP contribution in [0.2, 0.25) is 0 Å². The van der Waals surface area contributed by atoms with E-state index in [1.807, 2.05) is 35.3 Å². The summed E-state index contributed by atoms with van der Waals surface area (Å²) in [6.45, 7) is 6.41. The van der Waals surface area contributed by atoms with E-state index in [-0.39, 0.29) is 0 Å². The molecule has 26 heavy (non-hydrogen) atoms. The largest absolute Gasteiger partial charge is 0.124 e. The zero-order chi connectivity index (χ0) is 18.4. The maximum absolute atomic E-state index is 2.24. The average molecular weight is 397 g/mol. The van der Waals surface area contributed by atoms with Crippen molar-refractivity contribution in [3.05, 3.63) is 89.5 Å². The van der Waals surface area contributed by atoms with E-state index in [0.29, 0.717) is 4.58 Å². The van der Waals surface area contributed by atoms with Gasteiger partial charge in [-0.15, -0.1) is 35.3 Å². The van der Waals surface area contributed by atoms with Gasteiger partial charge in [-0.1, -0.05) is 53.1 Å². The van der Waals surface area contributed by atoms with Crippen LogP contribution in [0.25, 0.3) is 0 Å². The maximum atomic E-state index is 2.24. The van der Waals surface area contributed by atoms with E-state index in [4.69, 9.17) is 0 Å².